The smallest absolute Gasteiger partial charge is 0.211 e. The maximum atomic E-state index is 11.6. The van der Waals surface area contributed by atoms with E-state index in [4.69, 9.17) is 0 Å². The second-order valence-corrected chi connectivity index (χ2v) is 4.85. The zero-order valence-electron chi connectivity index (χ0n) is 7.91. The van der Waals surface area contributed by atoms with Crippen molar-refractivity contribution in [1.82, 2.24) is 14.8 Å². The number of halogens is 1. The van der Waals surface area contributed by atoms with Crippen LogP contribution in [-0.4, -0.2) is 20.5 Å². The topological polar surface area (TPSA) is 47.8 Å². The van der Waals surface area contributed by atoms with E-state index in [1.54, 1.807) is 11.0 Å². The molecule has 72 valence electrons. The van der Waals surface area contributed by atoms with Crippen LogP contribution in [0.4, 0.5) is 0 Å². The molecule has 0 atom stereocenters. The Bertz CT molecular complexity index is 313. The number of ketones is 1. The summed E-state index contributed by atoms with van der Waals surface area (Å²) >= 11 is 2.01. The number of hydrogen-bond donors (Lipinski definition) is 0. The molecule has 0 amide bonds. The van der Waals surface area contributed by atoms with E-state index in [0.29, 0.717) is 10.4 Å². The minimum Gasteiger partial charge on any atom is -0.297 e. The van der Waals surface area contributed by atoms with Crippen LogP contribution in [0, 0.1) is 9.25 Å². The largest absolute Gasteiger partial charge is 0.297 e. The van der Waals surface area contributed by atoms with Crippen LogP contribution in [0.25, 0.3) is 0 Å². The van der Waals surface area contributed by atoms with Crippen LogP contribution < -0.4 is 0 Å². The molecule has 0 spiro atoms. The zero-order chi connectivity index (χ0) is 10.1. The second kappa shape index (κ2) is 3.73. The molecule has 0 saturated heterocycles. The van der Waals surface area contributed by atoms with Gasteiger partial charge in [-0.2, -0.15) is 0 Å². The molecular formula is C8H12IN3O. The highest BCUT2D eigenvalue weighted by Gasteiger charge is 2.21. The SMILES string of the molecule is CC(C)(C)C(=O)Cn1cnc(I)n1. The summed E-state index contributed by atoms with van der Waals surface area (Å²) in [6.07, 6.45) is 1.57. The van der Waals surface area contributed by atoms with Crippen LogP contribution in [0.2, 0.25) is 0 Å². The third-order valence-electron chi connectivity index (χ3n) is 1.65. The summed E-state index contributed by atoms with van der Waals surface area (Å²) in [7, 11) is 0. The lowest BCUT2D eigenvalue weighted by Gasteiger charge is -2.15. The lowest BCUT2D eigenvalue weighted by molar-refractivity contribution is -0.127. The highest BCUT2D eigenvalue weighted by Crippen LogP contribution is 2.15. The average molecular weight is 293 g/mol. The minimum atomic E-state index is -0.308. The summed E-state index contributed by atoms with van der Waals surface area (Å²) in [5.41, 5.74) is -0.308. The van der Waals surface area contributed by atoms with E-state index in [1.807, 2.05) is 43.4 Å². The Morgan fingerprint density at radius 3 is 2.62 bits per heavy atom. The number of hydrogen-bond acceptors (Lipinski definition) is 3. The van der Waals surface area contributed by atoms with Crippen molar-refractivity contribution in [2.45, 2.75) is 27.3 Å². The number of aromatic nitrogens is 3. The Morgan fingerprint density at radius 1 is 1.62 bits per heavy atom. The van der Waals surface area contributed by atoms with Crippen LogP contribution in [-0.2, 0) is 11.3 Å². The van der Waals surface area contributed by atoms with Crippen LogP contribution >= 0.6 is 22.6 Å². The summed E-state index contributed by atoms with van der Waals surface area (Å²) < 4.78 is 2.23. The highest BCUT2D eigenvalue weighted by molar-refractivity contribution is 14.1. The minimum absolute atomic E-state index is 0.161. The van der Waals surface area contributed by atoms with Crippen molar-refractivity contribution in [3.8, 4) is 0 Å². The molecule has 0 saturated carbocycles. The Morgan fingerprint density at radius 2 is 2.23 bits per heavy atom. The van der Waals surface area contributed by atoms with Gasteiger partial charge in [-0.3, -0.25) is 4.79 Å². The van der Waals surface area contributed by atoms with Gasteiger partial charge in [-0.25, -0.2) is 9.67 Å². The molecule has 1 heterocycles. The average Bonchev–Trinajstić information content (AvgIpc) is 2.33. The van der Waals surface area contributed by atoms with Gasteiger partial charge in [-0.1, -0.05) is 20.8 Å². The summed E-state index contributed by atoms with van der Waals surface area (Å²) in [5, 5.41) is 4.04. The molecule has 1 rings (SSSR count). The molecule has 5 heteroatoms. The predicted molar refractivity (Wildman–Crippen MR) is 57.2 cm³/mol. The van der Waals surface area contributed by atoms with Crippen molar-refractivity contribution in [2.75, 3.05) is 0 Å². The van der Waals surface area contributed by atoms with Gasteiger partial charge in [0.05, 0.1) is 0 Å². The predicted octanol–water partition coefficient (Wildman–Crippen LogP) is 1.50. The Labute approximate surface area is 90.9 Å². The third-order valence-corrected chi connectivity index (χ3v) is 2.14. The molecule has 0 aliphatic carbocycles. The van der Waals surface area contributed by atoms with Crippen LogP contribution in [0.3, 0.4) is 0 Å². The number of nitrogens with zero attached hydrogens (tertiary/aromatic N) is 3. The number of Topliss-reactive ketones (excluding diaryl/α,β-unsaturated/α-hetero) is 1. The highest BCUT2D eigenvalue weighted by atomic mass is 127. The molecule has 1 aromatic heterocycles. The van der Waals surface area contributed by atoms with Crippen molar-refractivity contribution in [2.24, 2.45) is 5.41 Å². The Hall–Kier alpha value is -0.460. The molecule has 1 aromatic rings. The number of carbonyl (C=O) groups is 1. The van der Waals surface area contributed by atoms with Crippen LogP contribution in [0.15, 0.2) is 6.33 Å². The molecule has 0 aliphatic rings. The van der Waals surface area contributed by atoms with E-state index < -0.39 is 0 Å². The normalized spacial score (nSPS) is 11.7. The van der Waals surface area contributed by atoms with Crippen molar-refractivity contribution in [1.29, 1.82) is 0 Å². The molecule has 0 aromatic carbocycles. The summed E-state index contributed by atoms with van der Waals surface area (Å²) in [6.45, 7) is 6.01. The summed E-state index contributed by atoms with van der Waals surface area (Å²) in [5.74, 6) is 0.161. The van der Waals surface area contributed by atoms with Gasteiger partial charge in [0.25, 0.3) is 0 Å². The fraction of sp³-hybridized carbons (Fsp3) is 0.625. The zero-order valence-corrected chi connectivity index (χ0v) is 10.1. The molecule has 0 bridgehead atoms. The summed E-state index contributed by atoms with van der Waals surface area (Å²) in [4.78, 5) is 15.5. The fourth-order valence-electron chi connectivity index (χ4n) is 0.732. The molecule has 0 fully saturated rings. The summed E-state index contributed by atoms with van der Waals surface area (Å²) in [6, 6.07) is 0. The molecular weight excluding hydrogens is 281 g/mol. The fourth-order valence-corrected chi connectivity index (χ4v) is 1.13. The third kappa shape index (κ3) is 3.06. The first-order valence-corrected chi connectivity index (χ1v) is 5.06. The maximum Gasteiger partial charge on any atom is 0.211 e. The standard InChI is InChI=1S/C8H12IN3O/c1-8(2,3)6(13)4-12-5-10-7(9)11-12/h5H,4H2,1-3H3. The van der Waals surface area contributed by atoms with E-state index in [1.165, 1.54) is 0 Å². The van der Waals surface area contributed by atoms with E-state index in [-0.39, 0.29) is 11.2 Å². The first-order valence-electron chi connectivity index (χ1n) is 3.98. The quantitative estimate of drug-likeness (QED) is 0.776. The van der Waals surface area contributed by atoms with Crippen LogP contribution in [0.1, 0.15) is 20.8 Å². The van der Waals surface area contributed by atoms with Crippen molar-refractivity contribution >= 4 is 28.4 Å². The molecule has 0 unspecified atom stereocenters. The lowest BCUT2D eigenvalue weighted by atomic mass is 9.91. The van der Waals surface area contributed by atoms with Gasteiger partial charge in [0.1, 0.15) is 12.9 Å². The Balaban J connectivity index is 2.65. The van der Waals surface area contributed by atoms with Gasteiger partial charge in [-0.15, -0.1) is 5.10 Å². The van der Waals surface area contributed by atoms with E-state index in [9.17, 15) is 4.79 Å². The van der Waals surface area contributed by atoms with E-state index in [2.05, 4.69) is 10.1 Å². The van der Waals surface area contributed by atoms with Crippen LogP contribution in [0.5, 0.6) is 0 Å². The van der Waals surface area contributed by atoms with E-state index in [0.717, 1.165) is 0 Å². The van der Waals surface area contributed by atoms with E-state index >= 15 is 0 Å². The number of carbonyl (C=O) groups excluding carboxylic acids is 1. The van der Waals surface area contributed by atoms with Gasteiger partial charge in [0.2, 0.25) is 3.83 Å². The molecule has 4 nitrogen and oxygen atoms in total. The Kier molecular flexibility index (Phi) is 3.05. The number of rotatable bonds is 2. The maximum absolute atomic E-state index is 11.6. The lowest BCUT2D eigenvalue weighted by Crippen LogP contribution is -2.25. The molecule has 0 N–H and O–H groups in total. The van der Waals surface area contributed by atoms with Gasteiger partial charge in [0, 0.05) is 28.0 Å². The molecule has 0 radical (unpaired) electrons. The monoisotopic (exact) mass is 293 g/mol. The van der Waals surface area contributed by atoms with Gasteiger partial charge in [-0.05, 0) is 0 Å². The van der Waals surface area contributed by atoms with Crippen molar-refractivity contribution < 1.29 is 4.79 Å². The first kappa shape index (κ1) is 10.6. The van der Waals surface area contributed by atoms with Gasteiger partial charge in [0.15, 0.2) is 5.78 Å². The van der Waals surface area contributed by atoms with Crippen molar-refractivity contribution in [3.63, 3.8) is 0 Å². The van der Waals surface area contributed by atoms with Gasteiger partial charge < -0.3 is 0 Å². The first-order chi connectivity index (χ1) is 5.89. The van der Waals surface area contributed by atoms with Gasteiger partial charge >= 0.3 is 0 Å². The molecule has 0 aliphatic heterocycles. The molecule has 13 heavy (non-hydrogen) atoms. The van der Waals surface area contributed by atoms with Crippen molar-refractivity contribution in [3.05, 3.63) is 10.2 Å². The second-order valence-electron chi connectivity index (χ2n) is 3.88.